The van der Waals surface area contributed by atoms with Crippen LogP contribution < -0.4 is 5.73 Å². The molecule has 4 nitrogen and oxygen atoms in total. The standard InChI is InChI=1S/C22H40N2O2/c23-22(25)20-8-4-13-24(17-20)14-5-15-26-21-11-9-19(10-12-21)16-18-6-2-1-3-7-18/h18-21H,1-17H2,(H2,23,25). The molecule has 3 rings (SSSR count). The first-order valence-electron chi connectivity index (χ1n) is 11.3. The minimum atomic E-state index is -0.129. The molecule has 4 heteroatoms. The molecule has 3 fully saturated rings. The number of piperidine rings is 1. The highest BCUT2D eigenvalue weighted by atomic mass is 16.5. The van der Waals surface area contributed by atoms with E-state index >= 15 is 0 Å². The summed E-state index contributed by atoms with van der Waals surface area (Å²) in [6.07, 6.45) is 17.8. The van der Waals surface area contributed by atoms with Crippen LogP contribution in [0.3, 0.4) is 0 Å². The molecule has 2 N–H and O–H groups in total. The first-order chi connectivity index (χ1) is 12.7. The van der Waals surface area contributed by atoms with Crippen molar-refractivity contribution in [3.63, 3.8) is 0 Å². The Morgan fingerprint density at radius 1 is 0.923 bits per heavy atom. The zero-order chi connectivity index (χ0) is 18.2. The predicted octanol–water partition coefficient (Wildman–Crippen LogP) is 4.12. The van der Waals surface area contributed by atoms with Gasteiger partial charge >= 0.3 is 0 Å². The summed E-state index contributed by atoms with van der Waals surface area (Å²) in [6.45, 7) is 3.87. The van der Waals surface area contributed by atoms with E-state index in [9.17, 15) is 4.79 Å². The molecule has 1 amide bonds. The molecule has 150 valence electrons. The Hall–Kier alpha value is -0.610. The van der Waals surface area contributed by atoms with E-state index in [1.54, 1.807) is 0 Å². The summed E-state index contributed by atoms with van der Waals surface area (Å²) in [5, 5.41) is 0. The summed E-state index contributed by atoms with van der Waals surface area (Å²) in [4.78, 5) is 13.8. The van der Waals surface area contributed by atoms with Crippen LogP contribution in [0.1, 0.15) is 83.5 Å². The van der Waals surface area contributed by atoms with Gasteiger partial charge in [0, 0.05) is 19.7 Å². The fourth-order valence-electron chi connectivity index (χ4n) is 5.46. The van der Waals surface area contributed by atoms with E-state index in [0.717, 1.165) is 57.3 Å². The third-order valence-corrected chi connectivity index (χ3v) is 7.07. The van der Waals surface area contributed by atoms with E-state index < -0.39 is 0 Å². The molecule has 2 aliphatic carbocycles. The Bertz CT molecular complexity index is 414. The lowest BCUT2D eigenvalue weighted by molar-refractivity contribution is -0.123. The third-order valence-electron chi connectivity index (χ3n) is 7.07. The second-order valence-corrected chi connectivity index (χ2v) is 9.15. The number of carbonyl (C=O) groups excluding carboxylic acids is 1. The van der Waals surface area contributed by atoms with Crippen LogP contribution >= 0.6 is 0 Å². The molecule has 26 heavy (non-hydrogen) atoms. The molecule has 0 aromatic heterocycles. The molecule has 0 aromatic carbocycles. The average molecular weight is 365 g/mol. The van der Waals surface area contributed by atoms with Crippen molar-refractivity contribution in [2.75, 3.05) is 26.2 Å². The second-order valence-electron chi connectivity index (χ2n) is 9.15. The first-order valence-corrected chi connectivity index (χ1v) is 11.3. The number of rotatable bonds is 8. The number of nitrogens with two attached hydrogens (primary N) is 1. The van der Waals surface area contributed by atoms with Crippen LogP contribution in [0.2, 0.25) is 0 Å². The van der Waals surface area contributed by atoms with Crippen molar-refractivity contribution in [3.05, 3.63) is 0 Å². The van der Waals surface area contributed by atoms with Crippen molar-refractivity contribution in [2.45, 2.75) is 89.6 Å². The van der Waals surface area contributed by atoms with Gasteiger partial charge in [0.2, 0.25) is 5.91 Å². The first kappa shape index (κ1) is 20.1. The highest BCUT2D eigenvalue weighted by molar-refractivity contribution is 5.76. The lowest BCUT2D eigenvalue weighted by Crippen LogP contribution is -2.41. The molecular weight excluding hydrogens is 324 g/mol. The minimum absolute atomic E-state index is 0.0594. The maximum atomic E-state index is 11.4. The van der Waals surface area contributed by atoms with E-state index in [1.165, 1.54) is 64.2 Å². The summed E-state index contributed by atoms with van der Waals surface area (Å²) in [7, 11) is 0. The van der Waals surface area contributed by atoms with Gasteiger partial charge in [0.15, 0.2) is 0 Å². The van der Waals surface area contributed by atoms with Gasteiger partial charge < -0.3 is 15.4 Å². The molecule has 0 bridgehead atoms. The van der Waals surface area contributed by atoms with Crippen molar-refractivity contribution >= 4 is 5.91 Å². The van der Waals surface area contributed by atoms with Gasteiger partial charge in [-0.05, 0) is 69.7 Å². The zero-order valence-electron chi connectivity index (χ0n) is 16.7. The Morgan fingerprint density at radius 3 is 2.38 bits per heavy atom. The smallest absolute Gasteiger partial charge is 0.221 e. The Labute approximate surface area is 160 Å². The van der Waals surface area contributed by atoms with Crippen LogP contribution in [-0.4, -0.2) is 43.2 Å². The van der Waals surface area contributed by atoms with Gasteiger partial charge in [0.05, 0.1) is 12.0 Å². The number of carbonyl (C=O) groups is 1. The number of likely N-dealkylation sites (tertiary alicyclic amines) is 1. The van der Waals surface area contributed by atoms with Gasteiger partial charge in [0.25, 0.3) is 0 Å². The largest absolute Gasteiger partial charge is 0.378 e. The fraction of sp³-hybridized carbons (Fsp3) is 0.955. The van der Waals surface area contributed by atoms with Crippen molar-refractivity contribution in [1.82, 2.24) is 4.90 Å². The highest BCUT2D eigenvalue weighted by Crippen LogP contribution is 2.35. The quantitative estimate of drug-likeness (QED) is 0.659. The van der Waals surface area contributed by atoms with Crippen LogP contribution in [-0.2, 0) is 9.53 Å². The van der Waals surface area contributed by atoms with Gasteiger partial charge in [-0.15, -0.1) is 0 Å². The lowest BCUT2D eigenvalue weighted by atomic mass is 9.77. The van der Waals surface area contributed by atoms with E-state index in [0.29, 0.717) is 6.10 Å². The molecule has 0 spiro atoms. The molecule has 3 aliphatic rings. The molecule has 1 atom stereocenters. The second kappa shape index (κ2) is 10.7. The molecular formula is C22H40N2O2. The number of primary amides is 1. The van der Waals surface area contributed by atoms with Crippen LogP contribution in [0.15, 0.2) is 0 Å². The van der Waals surface area contributed by atoms with E-state index in [-0.39, 0.29) is 11.8 Å². The number of hydrogen-bond acceptors (Lipinski definition) is 3. The molecule has 1 aliphatic heterocycles. The molecule has 0 radical (unpaired) electrons. The summed E-state index contributed by atoms with van der Waals surface area (Å²) < 4.78 is 6.17. The Balaban J connectivity index is 1.23. The van der Waals surface area contributed by atoms with Crippen molar-refractivity contribution in [3.8, 4) is 0 Å². The van der Waals surface area contributed by atoms with E-state index in [1.807, 2.05) is 0 Å². The van der Waals surface area contributed by atoms with Crippen LogP contribution in [0, 0.1) is 17.8 Å². The van der Waals surface area contributed by atoms with Gasteiger partial charge in [-0.2, -0.15) is 0 Å². The summed E-state index contributed by atoms with van der Waals surface area (Å²) in [5.41, 5.74) is 5.46. The maximum Gasteiger partial charge on any atom is 0.221 e. The topological polar surface area (TPSA) is 55.6 Å². The SMILES string of the molecule is NC(=O)C1CCCN(CCCOC2CCC(CC3CCCCC3)CC2)C1. The number of ether oxygens (including phenoxy) is 1. The Kier molecular flexibility index (Phi) is 8.25. The van der Waals surface area contributed by atoms with Crippen LogP contribution in [0.4, 0.5) is 0 Å². The summed E-state index contributed by atoms with van der Waals surface area (Å²) in [5.74, 6) is 1.93. The van der Waals surface area contributed by atoms with Crippen molar-refractivity contribution in [1.29, 1.82) is 0 Å². The van der Waals surface area contributed by atoms with Crippen molar-refractivity contribution in [2.24, 2.45) is 23.5 Å². The molecule has 1 unspecified atom stereocenters. The van der Waals surface area contributed by atoms with E-state index in [2.05, 4.69) is 4.90 Å². The predicted molar refractivity (Wildman–Crippen MR) is 106 cm³/mol. The van der Waals surface area contributed by atoms with Gasteiger partial charge in [-0.3, -0.25) is 4.79 Å². The molecule has 2 saturated carbocycles. The van der Waals surface area contributed by atoms with E-state index in [4.69, 9.17) is 10.5 Å². The summed E-state index contributed by atoms with van der Waals surface area (Å²) >= 11 is 0. The number of nitrogens with zero attached hydrogens (tertiary/aromatic N) is 1. The van der Waals surface area contributed by atoms with Crippen LogP contribution in [0.5, 0.6) is 0 Å². The van der Waals surface area contributed by atoms with Gasteiger partial charge in [0.1, 0.15) is 0 Å². The highest BCUT2D eigenvalue weighted by Gasteiger charge is 2.26. The Morgan fingerprint density at radius 2 is 1.65 bits per heavy atom. The van der Waals surface area contributed by atoms with Gasteiger partial charge in [-0.25, -0.2) is 0 Å². The number of amides is 1. The maximum absolute atomic E-state index is 11.4. The molecule has 1 saturated heterocycles. The lowest BCUT2D eigenvalue weighted by Gasteiger charge is -2.33. The minimum Gasteiger partial charge on any atom is -0.378 e. The summed E-state index contributed by atoms with van der Waals surface area (Å²) in [6, 6.07) is 0. The fourth-order valence-corrected chi connectivity index (χ4v) is 5.46. The van der Waals surface area contributed by atoms with Gasteiger partial charge in [-0.1, -0.05) is 32.1 Å². The monoisotopic (exact) mass is 364 g/mol. The van der Waals surface area contributed by atoms with Crippen LogP contribution in [0.25, 0.3) is 0 Å². The third kappa shape index (κ3) is 6.53. The zero-order valence-corrected chi connectivity index (χ0v) is 16.7. The number of hydrogen-bond donors (Lipinski definition) is 1. The molecule has 1 heterocycles. The molecule has 0 aromatic rings. The van der Waals surface area contributed by atoms with Crippen molar-refractivity contribution < 1.29 is 9.53 Å². The normalized spacial score (nSPS) is 31.8. The average Bonchev–Trinajstić information content (AvgIpc) is 2.67.